The van der Waals surface area contributed by atoms with Gasteiger partial charge in [0.05, 0.1) is 10.2 Å². The zero-order valence-electron chi connectivity index (χ0n) is 6.47. The highest BCUT2D eigenvalue weighted by Gasteiger charge is 2.06. The van der Waals surface area contributed by atoms with E-state index in [2.05, 4.69) is 46.6 Å². The van der Waals surface area contributed by atoms with Gasteiger partial charge in [-0.2, -0.15) is 0 Å². The van der Waals surface area contributed by atoms with E-state index in [0.29, 0.717) is 5.13 Å². The molecule has 1 aromatic carbocycles. The summed E-state index contributed by atoms with van der Waals surface area (Å²) in [5.41, 5.74) is 7.87. The van der Waals surface area contributed by atoms with Crippen molar-refractivity contribution in [3.63, 3.8) is 0 Å². The first-order valence-electron chi connectivity index (χ1n) is 3.49. The summed E-state index contributed by atoms with van der Waals surface area (Å²) >= 11 is 3.86. The van der Waals surface area contributed by atoms with E-state index in [0.717, 1.165) is 5.52 Å². The first-order valence-corrected chi connectivity index (χ1v) is 5.39. The van der Waals surface area contributed by atoms with E-state index in [1.54, 1.807) is 11.3 Å². The Kier molecular flexibility index (Phi) is 1.96. The predicted molar refractivity (Wildman–Crippen MR) is 61.5 cm³/mol. The van der Waals surface area contributed by atoms with E-state index in [1.165, 1.54) is 13.8 Å². The quantitative estimate of drug-likeness (QED) is 0.758. The monoisotopic (exact) mass is 290 g/mol. The van der Waals surface area contributed by atoms with Crippen LogP contribution >= 0.6 is 33.9 Å². The average molecular weight is 290 g/mol. The largest absolute Gasteiger partial charge is 0.375 e. The van der Waals surface area contributed by atoms with E-state index in [1.807, 2.05) is 0 Å². The van der Waals surface area contributed by atoms with Gasteiger partial charge in [-0.25, -0.2) is 4.98 Å². The van der Waals surface area contributed by atoms with Gasteiger partial charge in [0.2, 0.25) is 0 Å². The number of nitrogen functional groups attached to an aromatic ring is 1. The summed E-state index contributed by atoms with van der Waals surface area (Å²) in [6.45, 7) is 2.05. The van der Waals surface area contributed by atoms with Crippen LogP contribution in [0, 0.1) is 10.5 Å². The van der Waals surface area contributed by atoms with Gasteiger partial charge in [0.15, 0.2) is 5.13 Å². The minimum Gasteiger partial charge on any atom is -0.375 e. The van der Waals surface area contributed by atoms with Crippen LogP contribution in [0.25, 0.3) is 10.2 Å². The van der Waals surface area contributed by atoms with Crippen molar-refractivity contribution in [3.8, 4) is 0 Å². The second-order valence-electron chi connectivity index (χ2n) is 2.59. The lowest BCUT2D eigenvalue weighted by atomic mass is 10.2. The number of hydrogen-bond acceptors (Lipinski definition) is 3. The molecule has 2 nitrogen and oxygen atoms in total. The zero-order chi connectivity index (χ0) is 8.72. The molecule has 2 rings (SSSR count). The number of aromatic nitrogens is 1. The summed E-state index contributed by atoms with van der Waals surface area (Å²) in [6, 6.07) is 4.17. The number of aryl methyl sites for hydroxylation is 1. The number of hydrogen-bond donors (Lipinski definition) is 1. The third-order valence-electron chi connectivity index (χ3n) is 1.71. The molecule has 0 bridgehead atoms. The van der Waals surface area contributed by atoms with Gasteiger partial charge in [-0.3, -0.25) is 0 Å². The molecule has 0 spiro atoms. The fraction of sp³-hybridized carbons (Fsp3) is 0.125. The van der Waals surface area contributed by atoms with Crippen LogP contribution in [0.1, 0.15) is 5.56 Å². The standard InChI is InChI=1S/C8H7IN2S/c1-4-2-3-5(9)7-6(4)11-8(10)12-7/h2-3H,1H3,(H2,10,11). The molecule has 0 aliphatic rings. The Hall–Kier alpha value is -0.360. The molecular weight excluding hydrogens is 283 g/mol. The summed E-state index contributed by atoms with van der Waals surface area (Å²) in [6.07, 6.45) is 0. The SMILES string of the molecule is Cc1ccc(I)c2sc(N)nc12. The molecule has 0 aliphatic carbocycles. The molecule has 62 valence electrons. The Balaban J connectivity index is 2.93. The van der Waals surface area contributed by atoms with Crippen molar-refractivity contribution in [1.29, 1.82) is 0 Å². The number of thiazole rings is 1. The van der Waals surface area contributed by atoms with E-state index < -0.39 is 0 Å². The maximum absolute atomic E-state index is 5.63. The minimum absolute atomic E-state index is 0.650. The molecule has 12 heavy (non-hydrogen) atoms. The first kappa shape index (κ1) is 8.25. The maximum atomic E-state index is 5.63. The third kappa shape index (κ3) is 1.19. The lowest BCUT2D eigenvalue weighted by molar-refractivity contribution is 1.42. The molecule has 0 saturated carbocycles. The van der Waals surface area contributed by atoms with E-state index >= 15 is 0 Å². The predicted octanol–water partition coefficient (Wildman–Crippen LogP) is 2.79. The molecule has 0 atom stereocenters. The number of anilines is 1. The van der Waals surface area contributed by atoms with Gasteiger partial charge in [0.25, 0.3) is 0 Å². The van der Waals surface area contributed by atoms with Gasteiger partial charge in [-0.05, 0) is 41.1 Å². The second kappa shape index (κ2) is 2.85. The van der Waals surface area contributed by atoms with Crippen LogP contribution in [0.2, 0.25) is 0 Å². The van der Waals surface area contributed by atoms with Gasteiger partial charge >= 0.3 is 0 Å². The average Bonchev–Trinajstić information content (AvgIpc) is 2.41. The van der Waals surface area contributed by atoms with Crippen LogP contribution in [0.3, 0.4) is 0 Å². The fourth-order valence-corrected chi connectivity index (χ4v) is 2.70. The Bertz CT molecular complexity index is 397. The number of fused-ring (bicyclic) bond motifs is 1. The van der Waals surface area contributed by atoms with Crippen molar-refractivity contribution in [2.45, 2.75) is 6.92 Å². The van der Waals surface area contributed by atoms with Crippen LogP contribution in [0.15, 0.2) is 12.1 Å². The number of nitrogens with zero attached hydrogens (tertiary/aromatic N) is 1. The lowest BCUT2D eigenvalue weighted by Crippen LogP contribution is -1.81. The molecule has 0 radical (unpaired) electrons. The van der Waals surface area contributed by atoms with Gasteiger partial charge in [0, 0.05) is 3.57 Å². The Morgan fingerprint density at radius 2 is 2.25 bits per heavy atom. The summed E-state index contributed by atoms with van der Waals surface area (Å²) < 4.78 is 2.43. The van der Waals surface area contributed by atoms with Crippen molar-refractivity contribution in [2.24, 2.45) is 0 Å². The smallest absolute Gasteiger partial charge is 0.181 e. The van der Waals surface area contributed by atoms with Crippen molar-refractivity contribution in [1.82, 2.24) is 4.98 Å². The Labute approximate surface area is 87.9 Å². The molecule has 2 aromatic rings. The Morgan fingerprint density at radius 1 is 1.50 bits per heavy atom. The molecule has 0 aliphatic heterocycles. The summed E-state index contributed by atoms with van der Waals surface area (Å²) in [7, 11) is 0. The highest BCUT2D eigenvalue weighted by atomic mass is 127. The van der Waals surface area contributed by atoms with Crippen LogP contribution in [0.5, 0.6) is 0 Å². The Morgan fingerprint density at radius 3 is 2.92 bits per heavy atom. The van der Waals surface area contributed by atoms with E-state index in [-0.39, 0.29) is 0 Å². The summed E-state index contributed by atoms with van der Waals surface area (Å²) in [5, 5.41) is 0.650. The van der Waals surface area contributed by atoms with Crippen LogP contribution in [-0.2, 0) is 0 Å². The summed E-state index contributed by atoms with van der Waals surface area (Å²) in [4.78, 5) is 4.27. The maximum Gasteiger partial charge on any atom is 0.181 e. The number of benzene rings is 1. The van der Waals surface area contributed by atoms with Crippen LogP contribution < -0.4 is 5.73 Å². The highest BCUT2D eigenvalue weighted by Crippen LogP contribution is 2.30. The molecule has 4 heteroatoms. The lowest BCUT2D eigenvalue weighted by Gasteiger charge is -1.94. The molecule has 2 N–H and O–H groups in total. The number of nitrogens with two attached hydrogens (primary N) is 1. The topological polar surface area (TPSA) is 38.9 Å². The number of halogens is 1. The van der Waals surface area contributed by atoms with Crippen LogP contribution in [0.4, 0.5) is 5.13 Å². The van der Waals surface area contributed by atoms with Crippen molar-refractivity contribution in [3.05, 3.63) is 21.3 Å². The molecule has 0 unspecified atom stereocenters. The van der Waals surface area contributed by atoms with E-state index in [4.69, 9.17) is 5.73 Å². The third-order valence-corrected chi connectivity index (χ3v) is 3.90. The zero-order valence-corrected chi connectivity index (χ0v) is 9.44. The van der Waals surface area contributed by atoms with Crippen molar-refractivity contribution >= 4 is 49.3 Å². The normalized spacial score (nSPS) is 10.8. The minimum atomic E-state index is 0.650. The van der Waals surface area contributed by atoms with E-state index in [9.17, 15) is 0 Å². The molecule has 1 aromatic heterocycles. The molecule has 1 heterocycles. The van der Waals surface area contributed by atoms with Crippen molar-refractivity contribution in [2.75, 3.05) is 5.73 Å². The molecule has 0 fully saturated rings. The van der Waals surface area contributed by atoms with Gasteiger partial charge in [0.1, 0.15) is 0 Å². The first-order chi connectivity index (χ1) is 5.68. The van der Waals surface area contributed by atoms with Crippen LogP contribution in [-0.4, -0.2) is 4.98 Å². The highest BCUT2D eigenvalue weighted by molar-refractivity contribution is 14.1. The summed E-state index contributed by atoms with van der Waals surface area (Å²) in [5.74, 6) is 0. The fourth-order valence-electron chi connectivity index (χ4n) is 1.12. The second-order valence-corrected chi connectivity index (χ2v) is 4.79. The van der Waals surface area contributed by atoms with Gasteiger partial charge in [-0.15, -0.1) is 0 Å². The van der Waals surface area contributed by atoms with Gasteiger partial charge < -0.3 is 5.73 Å². The molecule has 0 saturated heterocycles. The van der Waals surface area contributed by atoms with Gasteiger partial charge in [-0.1, -0.05) is 17.4 Å². The molecule has 0 amide bonds. The van der Waals surface area contributed by atoms with Crippen molar-refractivity contribution < 1.29 is 0 Å². The molecular formula is C8H7IN2S. The number of rotatable bonds is 0.